The molecule has 1 saturated heterocycles. The van der Waals surface area contributed by atoms with Crippen LogP contribution in [-0.4, -0.2) is 50.5 Å². The Morgan fingerprint density at radius 3 is 2.82 bits per heavy atom. The average molecular weight is 499 g/mol. The minimum Gasteiger partial charge on any atom is -0.378 e. The molecule has 4 heterocycles. The molecule has 0 amide bonds. The fourth-order valence-corrected chi connectivity index (χ4v) is 6.59. The fraction of sp³-hybridized carbons (Fsp3) is 0.391. The molecule has 4 aromatic rings. The normalized spacial score (nSPS) is 16.2. The number of hydrogen-bond donors (Lipinski definition) is 0. The minimum absolute atomic E-state index is 0.0272. The first-order valence-corrected chi connectivity index (χ1v) is 13.2. The van der Waals surface area contributed by atoms with Crippen molar-refractivity contribution in [1.29, 1.82) is 0 Å². The van der Waals surface area contributed by atoms with E-state index in [9.17, 15) is 9.18 Å². The van der Waals surface area contributed by atoms with Crippen LogP contribution < -0.4 is 10.5 Å². The first-order valence-electron chi connectivity index (χ1n) is 11.4. The van der Waals surface area contributed by atoms with Gasteiger partial charge in [-0.25, -0.2) is 9.37 Å². The van der Waals surface area contributed by atoms with Crippen LogP contribution >= 0.6 is 23.1 Å². The van der Waals surface area contributed by atoms with Gasteiger partial charge in [0.15, 0.2) is 10.1 Å². The standard InChI is InChI=1S/C23H23FN6O2S2/c24-15-4-3-5-17(12-15)29-21(28-8-10-32-11-9-28)26-27-23(29)33-14-16-13-20(31)30-18-6-1-2-7-19(18)34-22(30)25-16/h3-5,12-13H,1-2,6-11,14H2. The first-order chi connectivity index (χ1) is 16.7. The Kier molecular flexibility index (Phi) is 5.84. The number of halogens is 1. The van der Waals surface area contributed by atoms with Gasteiger partial charge in [0.05, 0.1) is 24.6 Å². The predicted molar refractivity (Wildman–Crippen MR) is 130 cm³/mol. The maximum absolute atomic E-state index is 14.1. The highest BCUT2D eigenvalue weighted by molar-refractivity contribution is 7.98. The maximum atomic E-state index is 14.1. The molecule has 0 saturated carbocycles. The van der Waals surface area contributed by atoms with E-state index in [0.29, 0.717) is 54.5 Å². The number of hydrogen-bond acceptors (Lipinski definition) is 8. The second-order valence-electron chi connectivity index (χ2n) is 8.37. The molecule has 0 unspecified atom stereocenters. The van der Waals surface area contributed by atoms with Crippen molar-refractivity contribution in [2.75, 3.05) is 31.2 Å². The largest absolute Gasteiger partial charge is 0.378 e. The lowest BCUT2D eigenvalue weighted by molar-refractivity contribution is 0.122. The van der Waals surface area contributed by atoms with Crippen molar-refractivity contribution in [3.05, 3.63) is 62.8 Å². The summed E-state index contributed by atoms with van der Waals surface area (Å²) in [5.74, 6) is 0.799. The lowest BCUT2D eigenvalue weighted by Crippen LogP contribution is -2.37. The molecule has 6 rings (SSSR count). The van der Waals surface area contributed by atoms with Crippen LogP contribution in [0.2, 0.25) is 0 Å². The van der Waals surface area contributed by atoms with Gasteiger partial charge in [-0.15, -0.1) is 21.5 Å². The molecule has 1 aliphatic carbocycles. The molecule has 176 valence electrons. The Labute approximate surface area is 203 Å². The van der Waals surface area contributed by atoms with Crippen LogP contribution in [0, 0.1) is 5.82 Å². The number of fused-ring (bicyclic) bond motifs is 3. The summed E-state index contributed by atoms with van der Waals surface area (Å²) < 4.78 is 23.2. The molecule has 3 aromatic heterocycles. The van der Waals surface area contributed by atoms with Crippen LogP contribution in [0.5, 0.6) is 0 Å². The van der Waals surface area contributed by atoms with Gasteiger partial charge in [-0.05, 0) is 43.9 Å². The van der Waals surface area contributed by atoms with Gasteiger partial charge >= 0.3 is 0 Å². The van der Waals surface area contributed by atoms with Crippen LogP contribution in [0.4, 0.5) is 10.3 Å². The van der Waals surface area contributed by atoms with Gasteiger partial charge in [0, 0.05) is 35.5 Å². The Bertz CT molecular complexity index is 1410. The smallest absolute Gasteiger partial charge is 0.259 e. The highest BCUT2D eigenvalue weighted by Gasteiger charge is 2.23. The van der Waals surface area contributed by atoms with Crippen molar-refractivity contribution in [3.63, 3.8) is 0 Å². The molecule has 8 nitrogen and oxygen atoms in total. The lowest BCUT2D eigenvalue weighted by atomic mass is 10.0. The predicted octanol–water partition coefficient (Wildman–Crippen LogP) is 3.48. The number of ether oxygens (including phenoxy) is 1. The van der Waals surface area contributed by atoms with Gasteiger partial charge in [-0.2, -0.15) is 0 Å². The Morgan fingerprint density at radius 2 is 1.97 bits per heavy atom. The zero-order valence-electron chi connectivity index (χ0n) is 18.4. The molecule has 11 heteroatoms. The Hall–Kier alpha value is -2.76. The Balaban J connectivity index is 1.33. The van der Waals surface area contributed by atoms with Crippen molar-refractivity contribution >= 4 is 34.0 Å². The molecule has 0 radical (unpaired) electrons. The van der Waals surface area contributed by atoms with Crippen molar-refractivity contribution in [1.82, 2.24) is 24.1 Å². The number of aromatic nitrogens is 5. The third-order valence-corrected chi connectivity index (χ3v) is 8.25. The lowest BCUT2D eigenvalue weighted by Gasteiger charge is -2.27. The van der Waals surface area contributed by atoms with E-state index >= 15 is 0 Å². The number of aryl methyl sites for hydroxylation is 2. The SMILES string of the molecule is O=c1cc(CSc2nnc(N3CCOCC3)n2-c2cccc(F)c2)nc2sc3c(n12)CCCC3. The van der Waals surface area contributed by atoms with Gasteiger partial charge < -0.3 is 9.64 Å². The van der Waals surface area contributed by atoms with Crippen molar-refractivity contribution in [2.45, 2.75) is 36.6 Å². The summed E-state index contributed by atoms with van der Waals surface area (Å²) in [5, 5.41) is 9.46. The van der Waals surface area contributed by atoms with Crippen LogP contribution in [0.1, 0.15) is 29.1 Å². The summed E-state index contributed by atoms with van der Waals surface area (Å²) in [5.41, 5.74) is 2.46. The van der Waals surface area contributed by atoms with Crippen molar-refractivity contribution in [3.8, 4) is 5.69 Å². The highest BCUT2D eigenvalue weighted by Crippen LogP contribution is 2.31. The molecular weight excluding hydrogens is 475 g/mol. The summed E-state index contributed by atoms with van der Waals surface area (Å²) in [4.78, 5) is 21.8. The third kappa shape index (κ3) is 4.01. The number of anilines is 1. The number of benzene rings is 1. The summed E-state index contributed by atoms with van der Waals surface area (Å²) in [7, 11) is 0. The topological polar surface area (TPSA) is 77.6 Å². The van der Waals surface area contributed by atoms with Gasteiger partial charge in [0.2, 0.25) is 5.95 Å². The summed E-state index contributed by atoms with van der Waals surface area (Å²) in [6, 6.07) is 8.03. The second kappa shape index (κ2) is 9.12. The molecule has 0 spiro atoms. The molecule has 34 heavy (non-hydrogen) atoms. The average Bonchev–Trinajstić information content (AvgIpc) is 3.45. The quantitative estimate of drug-likeness (QED) is 0.390. The molecule has 0 atom stereocenters. The maximum Gasteiger partial charge on any atom is 0.259 e. The van der Waals surface area contributed by atoms with Gasteiger partial charge in [-0.1, -0.05) is 17.8 Å². The zero-order chi connectivity index (χ0) is 23.1. The molecule has 1 aliphatic heterocycles. The molecule has 1 fully saturated rings. The number of nitrogens with zero attached hydrogens (tertiary/aromatic N) is 6. The van der Waals surface area contributed by atoms with Crippen molar-refractivity contribution < 1.29 is 9.13 Å². The van der Waals surface area contributed by atoms with Crippen LogP contribution in [0.3, 0.4) is 0 Å². The van der Waals surface area contributed by atoms with E-state index in [0.717, 1.165) is 29.9 Å². The van der Waals surface area contributed by atoms with E-state index < -0.39 is 0 Å². The fourth-order valence-electron chi connectivity index (χ4n) is 4.52. The van der Waals surface area contributed by atoms with E-state index in [-0.39, 0.29) is 11.4 Å². The molecule has 0 bridgehead atoms. The Morgan fingerprint density at radius 1 is 1.12 bits per heavy atom. The van der Waals surface area contributed by atoms with Crippen molar-refractivity contribution in [2.24, 2.45) is 0 Å². The first kappa shape index (κ1) is 21.8. The van der Waals surface area contributed by atoms with E-state index in [4.69, 9.17) is 9.72 Å². The highest BCUT2D eigenvalue weighted by atomic mass is 32.2. The summed E-state index contributed by atoms with van der Waals surface area (Å²) in [6.45, 7) is 2.60. The van der Waals surface area contributed by atoms with Crippen LogP contribution in [-0.2, 0) is 23.3 Å². The number of morpholine rings is 1. The number of rotatable bonds is 5. The molecule has 0 N–H and O–H groups in total. The third-order valence-electron chi connectivity index (χ3n) is 6.14. The van der Waals surface area contributed by atoms with Crippen LogP contribution in [0.25, 0.3) is 10.6 Å². The van der Waals surface area contributed by atoms with E-state index in [1.165, 1.54) is 35.2 Å². The van der Waals surface area contributed by atoms with E-state index in [2.05, 4.69) is 15.1 Å². The molecule has 1 aromatic carbocycles. The molecular formula is C23H23FN6O2S2. The van der Waals surface area contributed by atoms with Gasteiger partial charge in [0.1, 0.15) is 5.82 Å². The number of thiazole rings is 1. The van der Waals surface area contributed by atoms with E-state index in [1.807, 2.05) is 10.6 Å². The molecule has 2 aliphatic rings. The summed E-state index contributed by atoms with van der Waals surface area (Å²) in [6.07, 6.45) is 4.24. The van der Waals surface area contributed by atoms with E-state index in [1.54, 1.807) is 27.9 Å². The number of thioether (sulfide) groups is 1. The monoisotopic (exact) mass is 498 g/mol. The van der Waals surface area contributed by atoms with Gasteiger partial charge in [-0.3, -0.25) is 13.8 Å². The second-order valence-corrected chi connectivity index (χ2v) is 10.4. The minimum atomic E-state index is -0.322. The zero-order valence-corrected chi connectivity index (χ0v) is 20.1. The summed E-state index contributed by atoms with van der Waals surface area (Å²) >= 11 is 3.06. The van der Waals surface area contributed by atoms with Gasteiger partial charge in [0.25, 0.3) is 5.56 Å². The van der Waals surface area contributed by atoms with Crippen LogP contribution in [0.15, 0.2) is 40.3 Å².